The molecular weight excluding hydrogens is 294 g/mol. The highest BCUT2D eigenvalue weighted by Crippen LogP contribution is 2.18. The number of hydrogen-bond acceptors (Lipinski definition) is 4. The number of carbonyl (C=O) groups excluding carboxylic acids is 1. The Labute approximate surface area is 137 Å². The number of nitrogens with zero attached hydrogens (tertiary/aromatic N) is 4. The van der Waals surface area contributed by atoms with Gasteiger partial charge in [-0.1, -0.05) is 0 Å². The molecule has 1 aromatic rings. The molecule has 0 aromatic carbocycles. The minimum absolute atomic E-state index is 0.0277. The van der Waals surface area contributed by atoms with Crippen molar-refractivity contribution in [1.29, 1.82) is 0 Å². The predicted molar refractivity (Wildman–Crippen MR) is 89.2 cm³/mol. The smallest absolute Gasteiger partial charge is 0.308 e. The van der Waals surface area contributed by atoms with Crippen LogP contribution in [-0.4, -0.2) is 60.4 Å². The maximum atomic E-state index is 11.6. The zero-order chi connectivity index (χ0) is 16.7. The highest BCUT2D eigenvalue weighted by Gasteiger charge is 2.26. The molecule has 1 fully saturated rings. The van der Waals surface area contributed by atoms with Crippen molar-refractivity contribution in [3.05, 3.63) is 18.0 Å². The molecule has 0 unspecified atom stereocenters. The van der Waals surface area contributed by atoms with Crippen LogP contribution in [0.25, 0.3) is 0 Å². The summed E-state index contributed by atoms with van der Waals surface area (Å²) in [4.78, 5) is 18.1. The van der Waals surface area contributed by atoms with Gasteiger partial charge in [-0.15, -0.1) is 0 Å². The lowest BCUT2D eigenvalue weighted by molar-refractivity contribution is -0.146. The molecule has 0 amide bonds. The number of methoxy groups -OCH3 is 1. The fraction of sp³-hybridized carbons (Fsp3) is 0.688. The molecule has 0 bridgehead atoms. The van der Waals surface area contributed by atoms with Crippen LogP contribution in [0.2, 0.25) is 0 Å². The molecule has 7 nitrogen and oxygen atoms in total. The monoisotopic (exact) mass is 321 g/mol. The molecule has 23 heavy (non-hydrogen) atoms. The Balaban J connectivity index is 1.70. The van der Waals surface area contributed by atoms with E-state index in [1.807, 2.05) is 24.1 Å². The number of aryl methyl sites for hydroxylation is 2. The lowest BCUT2D eigenvalue weighted by Gasteiger charge is -2.33. The van der Waals surface area contributed by atoms with E-state index in [1.54, 1.807) is 7.05 Å². The Morgan fingerprint density at radius 2 is 2.22 bits per heavy atom. The van der Waals surface area contributed by atoms with Crippen LogP contribution in [0.3, 0.4) is 0 Å². The van der Waals surface area contributed by atoms with Gasteiger partial charge in [0.25, 0.3) is 0 Å². The van der Waals surface area contributed by atoms with Crippen LogP contribution < -0.4 is 5.32 Å². The number of hydrogen-bond donors (Lipinski definition) is 1. The van der Waals surface area contributed by atoms with Crippen molar-refractivity contribution in [1.82, 2.24) is 20.0 Å². The summed E-state index contributed by atoms with van der Waals surface area (Å²) in [7, 11) is 5.19. The first-order chi connectivity index (χ1) is 11.1. The topological polar surface area (TPSA) is 71.8 Å². The van der Waals surface area contributed by atoms with Gasteiger partial charge < -0.3 is 15.0 Å². The number of rotatable bonds is 5. The minimum atomic E-state index is -0.0935. The molecule has 2 heterocycles. The van der Waals surface area contributed by atoms with Crippen LogP contribution in [0, 0.1) is 5.92 Å². The number of piperidine rings is 1. The maximum Gasteiger partial charge on any atom is 0.308 e. The standard InChI is InChI=1S/C16H27N5O2/c1-17-16(18-8-4-5-13-11-19-20(2)12-13)21-9-6-14(7-10-21)15(22)23-3/h11-12,14H,4-10H2,1-3H3,(H,17,18). The average molecular weight is 321 g/mol. The van der Waals surface area contributed by atoms with E-state index in [9.17, 15) is 4.79 Å². The van der Waals surface area contributed by atoms with E-state index in [0.717, 1.165) is 51.3 Å². The van der Waals surface area contributed by atoms with Gasteiger partial charge in [-0.3, -0.25) is 14.5 Å². The lowest BCUT2D eigenvalue weighted by Crippen LogP contribution is -2.46. The number of aromatic nitrogens is 2. The first-order valence-electron chi connectivity index (χ1n) is 8.15. The maximum absolute atomic E-state index is 11.6. The summed E-state index contributed by atoms with van der Waals surface area (Å²) in [6.07, 6.45) is 7.64. The number of aliphatic imine (C=N–C) groups is 1. The predicted octanol–water partition coefficient (Wildman–Crippen LogP) is 0.813. The summed E-state index contributed by atoms with van der Waals surface area (Å²) in [5.41, 5.74) is 1.25. The molecule has 1 aromatic heterocycles. The molecule has 1 N–H and O–H groups in total. The van der Waals surface area contributed by atoms with Gasteiger partial charge in [0.1, 0.15) is 0 Å². The van der Waals surface area contributed by atoms with E-state index in [-0.39, 0.29) is 11.9 Å². The van der Waals surface area contributed by atoms with Gasteiger partial charge in [-0.25, -0.2) is 0 Å². The number of nitrogens with one attached hydrogen (secondary N) is 1. The van der Waals surface area contributed by atoms with Crippen LogP contribution in [0.4, 0.5) is 0 Å². The van der Waals surface area contributed by atoms with Crippen molar-refractivity contribution in [3.8, 4) is 0 Å². The second kappa shape index (κ2) is 8.55. The molecule has 0 saturated carbocycles. The van der Waals surface area contributed by atoms with E-state index in [0.29, 0.717) is 0 Å². The van der Waals surface area contributed by atoms with E-state index >= 15 is 0 Å². The largest absolute Gasteiger partial charge is 0.469 e. The number of ether oxygens (including phenoxy) is 1. The van der Waals surface area contributed by atoms with Crippen molar-refractivity contribution in [2.24, 2.45) is 18.0 Å². The van der Waals surface area contributed by atoms with Gasteiger partial charge in [-0.05, 0) is 31.2 Å². The molecule has 0 spiro atoms. The Hall–Kier alpha value is -2.05. The Morgan fingerprint density at radius 1 is 1.48 bits per heavy atom. The fourth-order valence-corrected chi connectivity index (χ4v) is 2.92. The molecule has 0 aliphatic carbocycles. The van der Waals surface area contributed by atoms with Crippen molar-refractivity contribution < 1.29 is 9.53 Å². The van der Waals surface area contributed by atoms with Crippen LogP contribution in [-0.2, 0) is 23.0 Å². The highest BCUT2D eigenvalue weighted by molar-refractivity contribution is 5.80. The van der Waals surface area contributed by atoms with Gasteiger partial charge >= 0.3 is 5.97 Å². The van der Waals surface area contributed by atoms with Gasteiger partial charge in [0.15, 0.2) is 5.96 Å². The Bertz CT molecular complexity index is 532. The third-order valence-electron chi connectivity index (χ3n) is 4.22. The lowest BCUT2D eigenvalue weighted by atomic mass is 9.97. The third kappa shape index (κ3) is 4.97. The van der Waals surface area contributed by atoms with Crippen LogP contribution in [0.1, 0.15) is 24.8 Å². The van der Waals surface area contributed by atoms with Gasteiger partial charge in [0, 0.05) is 39.9 Å². The molecule has 2 rings (SSSR count). The molecule has 0 radical (unpaired) electrons. The van der Waals surface area contributed by atoms with Crippen LogP contribution >= 0.6 is 0 Å². The Kier molecular flexibility index (Phi) is 6.43. The van der Waals surface area contributed by atoms with E-state index in [2.05, 4.69) is 20.3 Å². The number of likely N-dealkylation sites (tertiary alicyclic amines) is 1. The second-order valence-corrected chi connectivity index (χ2v) is 5.88. The van der Waals surface area contributed by atoms with Crippen molar-refractivity contribution in [2.45, 2.75) is 25.7 Å². The molecule has 1 aliphatic heterocycles. The van der Waals surface area contributed by atoms with Gasteiger partial charge in [0.05, 0.1) is 19.2 Å². The summed E-state index contributed by atoms with van der Waals surface area (Å²) >= 11 is 0. The molecule has 128 valence electrons. The summed E-state index contributed by atoms with van der Waals surface area (Å²) in [5.74, 6) is 0.850. The second-order valence-electron chi connectivity index (χ2n) is 5.88. The molecule has 1 saturated heterocycles. The van der Waals surface area contributed by atoms with Crippen molar-refractivity contribution in [2.75, 3.05) is 33.8 Å². The molecule has 1 aliphatic rings. The van der Waals surface area contributed by atoms with Crippen molar-refractivity contribution >= 4 is 11.9 Å². The minimum Gasteiger partial charge on any atom is -0.469 e. The number of esters is 1. The quantitative estimate of drug-likeness (QED) is 0.376. The first kappa shape index (κ1) is 17.3. The third-order valence-corrected chi connectivity index (χ3v) is 4.22. The van der Waals surface area contributed by atoms with E-state index in [4.69, 9.17) is 4.74 Å². The summed E-state index contributed by atoms with van der Waals surface area (Å²) in [5, 5.41) is 7.58. The Morgan fingerprint density at radius 3 is 2.78 bits per heavy atom. The number of guanidine groups is 1. The molecule has 0 atom stereocenters. The molecular formula is C16H27N5O2. The van der Waals surface area contributed by atoms with Crippen molar-refractivity contribution in [3.63, 3.8) is 0 Å². The van der Waals surface area contributed by atoms with Crippen LogP contribution in [0.15, 0.2) is 17.4 Å². The summed E-state index contributed by atoms with van der Waals surface area (Å²) < 4.78 is 6.65. The zero-order valence-electron chi connectivity index (χ0n) is 14.3. The first-order valence-corrected chi connectivity index (χ1v) is 8.15. The van der Waals surface area contributed by atoms with Gasteiger partial charge in [0.2, 0.25) is 0 Å². The van der Waals surface area contributed by atoms with Gasteiger partial charge in [-0.2, -0.15) is 5.10 Å². The van der Waals surface area contributed by atoms with E-state index < -0.39 is 0 Å². The summed E-state index contributed by atoms with van der Waals surface area (Å²) in [6.45, 7) is 2.54. The number of carbonyl (C=O) groups is 1. The zero-order valence-corrected chi connectivity index (χ0v) is 14.3. The average Bonchev–Trinajstić information content (AvgIpc) is 3.00. The van der Waals surface area contributed by atoms with Crippen LogP contribution in [0.5, 0.6) is 0 Å². The fourth-order valence-electron chi connectivity index (χ4n) is 2.92. The normalized spacial score (nSPS) is 16.5. The SMILES string of the molecule is CN=C(NCCCc1cnn(C)c1)N1CCC(C(=O)OC)CC1. The summed E-state index contributed by atoms with van der Waals surface area (Å²) in [6, 6.07) is 0. The highest BCUT2D eigenvalue weighted by atomic mass is 16.5. The molecule has 7 heteroatoms. The van der Waals surface area contributed by atoms with E-state index in [1.165, 1.54) is 12.7 Å².